The second-order valence-electron chi connectivity index (χ2n) is 7.98. The first kappa shape index (κ1) is 23.4. The molecule has 1 aliphatic carbocycles. The molecule has 34 heavy (non-hydrogen) atoms. The summed E-state index contributed by atoms with van der Waals surface area (Å²) in [5.74, 6) is -1.40. The molecule has 176 valence electrons. The number of carboxylic acid groups (broad SMARTS) is 1. The van der Waals surface area contributed by atoms with E-state index in [9.17, 15) is 14.4 Å². The van der Waals surface area contributed by atoms with E-state index in [1.54, 1.807) is 11.7 Å². The largest absolute Gasteiger partial charge is 0.481 e. The molecule has 2 amide bonds. The lowest BCUT2D eigenvalue weighted by Crippen LogP contribution is -2.48. The number of fused-ring (bicyclic) bond motifs is 3. The molecule has 1 aliphatic rings. The number of carbonyl (C=O) groups is 3. The average Bonchev–Trinajstić information content (AvgIpc) is 3.46. The highest BCUT2D eigenvalue weighted by molar-refractivity contribution is 7.09. The summed E-state index contributed by atoms with van der Waals surface area (Å²) in [6, 6.07) is 15.3. The standard InChI is InChI=1S/C25H25N3O5S/c29-23(30)10-5-11-27-24(31)22(12-16-13-26-15-34-16)28-25(32)33-14-21-19-8-3-1-6-17(19)18-7-2-4-9-20(18)21/h1-4,6-9,13,15,21-22H,5,10-12,14H2,(H,27,31)(H,28,32)(H,29,30). The van der Waals surface area contributed by atoms with Gasteiger partial charge in [0.15, 0.2) is 0 Å². The Morgan fingerprint density at radius 1 is 1.06 bits per heavy atom. The number of hydrogen-bond acceptors (Lipinski definition) is 6. The number of nitrogens with one attached hydrogen (secondary N) is 2. The number of hydrogen-bond donors (Lipinski definition) is 3. The van der Waals surface area contributed by atoms with Crippen LogP contribution in [0.5, 0.6) is 0 Å². The van der Waals surface area contributed by atoms with E-state index in [1.807, 2.05) is 36.4 Å². The number of nitrogens with zero attached hydrogens (tertiary/aromatic N) is 1. The van der Waals surface area contributed by atoms with Gasteiger partial charge in [0.25, 0.3) is 0 Å². The highest BCUT2D eigenvalue weighted by Gasteiger charge is 2.30. The van der Waals surface area contributed by atoms with Crippen molar-refractivity contribution >= 4 is 29.3 Å². The average molecular weight is 480 g/mol. The second kappa shape index (κ2) is 10.9. The maximum absolute atomic E-state index is 12.7. The molecule has 3 N–H and O–H groups in total. The molecule has 0 fully saturated rings. The number of benzene rings is 2. The summed E-state index contributed by atoms with van der Waals surface area (Å²) in [6.07, 6.45) is 1.49. The number of alkyl carbamates (subject to hydrolysis) is 1. The second-order valence-corrected chi connectivity index (χ2v) is 8.95. The smallest absolute Gasteiger partial charge is 0.407 e. The quantitative estimate of drug-likeness (QED) is 0.383. The van der Waals surface area contributed by atoms with E-state index in [1.165, 1.54) is 11.3 Å². The van der Waals surface area contributed by atoms with Gasteiger partial charge < -0.3 is 20.5 Å². The Morgan fingerprint density at radius 3 is 2.35 bits per heavy atom. The highest BCUT2D eigenvalue weighted by Crippen LogP contribution is 2.44. The van der Waals surface area contributed by atoms with Gasteiger partial charge in [0.05, 0.1) is 5.51 Å². The van der Waals surface area contributed by atoms with Crippen LogP contribution in [0.4, 0.5) is 4.79 Å². The first-order valence-electron chi connectivity index (χ1n) is 11.0. The van der Waals surface area contributed by atoms with E-state index >= 15 is 0 Å². The Balaban J connectivity index is 1.39. The third-order valence-corrected chi connectivity index (χ3v) is 6.51. The summed E-state index contributed by atoms with van der Waals surface area (Å²) in [4.78, 5) is 40.9. The minimum Gasteiger partial charge on any atom is -0.481 e. The van der Waals surface area contributed by atoms with Crippen LogP contribution in [0.2, 0.25) is 0 Å². The van der Waals surface area contributed by atoms with Gasteiger partial charge in [0, 0.05) is 36.4 Å². The first-order valence-corrected chi connectivity index (χ1v) is 11.9. The van der Waals surface area contributed by atoms with Crippen LogP contribution in [0.1, 0.15) is 34.8 Å². The van der Waals surface area contributed by atoms with Crippen LogP contribution in [0.3, 0.4) is 0 Å². The third kappa shape index (κ3) is 5.60. The molecule has 1 aromatic heterocycles. The molecule has 0 saturated carbocycles. The van der Waals surface area contributed by atoms with Crippen LogP contribution >= 0.6 is 11.3 Å². The minimum atomic E-state index is -0.924. The predicted octanol–water partition coefficient (Wildman–Crippen LogP) is 3.57. The van der Waals surface area contributed by atoms with Gasteiger partial charge >= 0.3 is 12.1 Å². The van der Waals surface area contributed by atoms with Gasteiger partial charge in [0.2, 0.25) is 5.91 Å². The molecular formula is C25H25N3O5S. The lowest BCUT2D eigenvalue weighted by atomic mass is 9.98. The molecule has 4 rings (SSSR count). The Kier molecular flexibility index (Phi) is 7.54. The predicted molar refractivity (Wildman–Crippen MR) is 128 cm³/mol. The number of carboxylic acids is 1. The maximum Gasteiger partial charge on any atom is 0.407 e. The Bertz CT molecular complexity index is 1120. The molecule has 1 unspecified atom stereocenters. The molecular weight excluding hydrogens is 454 g/mol. The van der Waals surface area contributed by atoms with E-state index in [2.05, 4.69) is 27.8 Å². The van der Waals surface area contributed by atoms with Crippen LogP contribution in [-0.4, -0.2) is 47.3 Å². The number of rotatable bonds is 10. The molecule has 0 radical (unpaired) electrons. The van der Waals surface area contributed by atoms with Crippen molar-refractivity contribution in [2.75, 3.05) is 13.2 Å². The monoisotopic (exact) mass is 479 g/mol. The summed E-state index contributed by atoms with van der Waals surface area (Å²) < 4.78 is 5.58. The Labute approximate surface area is 201 Å². The number of carbonyl (C=O) groups excluding carboxylic acids is 2. The number of aliphatic carboxylic acids is 1. The van der Waals surface area contributed by atoms with Crippen molar-refractivity contribution in [2.24, 2.45) is 0 Å². The number of amides is 2. The van der Waals surface area contributed by atoms with Crippen molar-refractivity contribution in [1.29, 1.82) is 0 Å². The van der Waals surface area contributed by atoms with Crippen LogP contribution in [0.25, 0.3) is 11.1 Å². The lowest BCUT2D eigenvalue weighted by Gasteiger charge is -2.19. The molecule has 1 heterocycles. The van der Waals surface area contributed by atoms with Gasteiger partial charge in [-0.3, -0.25) is 14.6 Å². The summed E-state index contributed by atoms with van der Waals surface area (Å²) in [5, 5.41) is 14.1. The summed E-state index contributed by atoms with van der Waals surface area (Å²) in [6.45, 7) is 0.351. The van der Waals surface area contributed by atoms with Crippen molar-refractivity contribution < 1.29 is 24.2 Å². The highest BCUT2D eigenvalue weighted by atomic mass is 32.1. The Hall–Kier alpha value is -3.72. The third-order valence-electron chi connectivity index (χ3n) is 5.71. The van der Waals surface area contributed by atoms with Crippen molar-refractivity contribution in [3.8, 4) is 11.1 Å². The molecule has 9 heteroatoms. The zero-order valence-electron chi connectivity index (χ0n) is 18.4. The molecule has 2 aromatic carbocycles. The van der Waals surface area contributed by atoms with E-state index in [4.69, 9.17) is 9.84 Å². The molecule has 0 bridgehead atoms. The minimum absolute atomic E-state index is 0.0421. The number of ether oxygens (including phenoxy) is 1. The van der Waals surface area contributed by atoms with E-state index in [0.29, 0.717) is 6.42 Å². The van der Waals surface area contributed by atoms with Crippen molar-refractivity contribution in [2.45, 2.75) is 31.2 Å². The fourth-order valence-corrected chi connectivity index (χ4v) is 4.75. The normalized spacial score (nSPS) is 12.9. The summed E-state index contributed by atoms with van der Waals surface area (Å²) in [7, 11) is 0. The molecule has 0 saturated heterocycles. The molecule has 0 spiro atoms. The van der Waals surface area contributed by atoms with Gasteiger partial charge in [-0.25, -0.2) is 4.79 Å². The van der Waals surface area contributed by atoms with Crippen molar-refractivity contribution in [3.05, 3.63) is 76.2 Å². The fourth-order valence-electron chi connectivity index (χ4n) is 4.11. The SMILES string of the molecule is O=C(O)CCCNC(=O)C(Cc1cncs1)NC(=O)OCC1c2ccccc2-c2ccccc21. The van der Waals surface area contributed by atoms with E-state index < -0.39 is 24.0 Å². The van der Waals surface area contributed by atoms with Gasteiger partial charge in [-0.05, 0) is 28.7 Å². The molecule has 0 aliphatic heterocycles. The fraction of sp³-hybridized carbons (Fsp3) is 0.280. The number of aromatic nitrogens is 1. The molecule has 3 aromatic rings. The zero-order chi connectivity index (χ0) is 23.9. The lowest BCUT2D eigenvalue weighted by molar-refractivity contribution is -0.137. The van der Waals surface area contributed by atoms with E-state index in [-0.39, 0.29) is 31.9 Å². The molecule has 1 atom stereocenters. The van der Waals surface area contributed by atoms with Crippen molar-refractivity contribution in [3.63, 3.8) is 0 Å². The maximum atomic E-state index is 12.7. The van der Waals surface area contributed by atoms with Gasteiger partial charge in [-0.1, -0.05) is 48.5 Å². The van der Waals surface area contributed by atoms with E-state index in [0.717, 1.165) is 27.1 Å². The van der Waals surface area contributed by atoms with Crippen LogP contribution in [-0.2, 0) is 20.7 Å². The van der Waals surface area contributed by atoms with Crippen LogP contribution in [0.15, 0.2) is 60.2 Å². The summed E-state index contributed by atoms with van der Waals surface area (Å²) in [5.41, 5.74) is 6.14. The van der Waals surface area contributed by atoms with Crippen LogP contribution in [0, 0.1) is 0 Å². The van der Waals surface area contributed by atoms with Crippen LogP contribution < -0.4 is 10.6 Å². The van der Waals surface area contributed by atoms with Gasteiger partial charge in [-0.15, -0.1) is 11.3 Å². The summed E-state index contributed by atoms with van der Waals surface area (Å²) >= 11 is 1.39. The number of thiazole rings is 1. The van der Waals surface area contributed by atoms with Gasteiger partial charge in [-0.2, -0.15) is 0 Å². The first-order chi connectivity index (χ1) is 16.5. The Morgan fingerprint density at radius 2 is 1.74 bits per heavy atom. The topological polar surface area (TPSA) is 118 Å². The zero-order valence-corrected chi connectivity index (χ0v) is 19.2. The van der Waals surface area contributed by atoms with Gasteiger partial charge in [0.1, 0.15) is 12.6 Å². The molecule has 8 nitrogen and oxygen atoms in total. The van der Waals surface area contributed by atoms with Crippen molar-refractivity contribution in [1.82, 2.24) is 15.6 Å².